The van der Waals surface area contributed by atoms with Gasteiger partial charge in [0.05, 0.1) is 12.8 Å². The van der Waals surface area contributed by atoms with Crippen LogP contribution in [0.1, 0.15) is 52.7 Å². The Balaban J connectivity index is 2.01. The topological polar surface area (TPSA) is 142 Å². The van der Waals surface area contributed by atoms with Gasteiger partial charge in [0.15, 0.2) is 5.65 Å². The maximum Gasteiger partial charge on any atom is 0.347 e. The monoisotopic (exact) mass is 483 g/mol. The van der Waals surface area contributed by atoms with Gasteiger partial charge >= 0.3 is 8.53 Å². The largest absolute Gasteiger partial charge is 0.394 e. The van der Waals surface area contributed by atoms with Gasteiger partial charge in [-0.05, 0) is 34.1 Å². The van der Waals surface area contributed by atoms with Crippen LogP contribution < -0.4 is 5.73 Å². The van der Waals surface area contributed by atoms with Crippen LogP contribution in [0.25, 0.3) is 5.65 Å². The summed E-state index contributed by atoms with van der Waals surface area (Å²) in [6.07, 6.45) is 2.99. The summed E-state index contributed by atoms with van der Waals surface area (Å²) in [4.78, 5) is 8.30. The number of rotatable bonds is 11. The normalized spacial score (nSPS) is 24.7. The van der Waals surface area contributed by atoms with E-state index in [-0.39, 0.29) is 24.6 Å². The van der Waals surface area contributed by atoms with Crippen LogP contribution >= 0.6 is 8.53 Å². The van der Waals surface area contributed by atoms with Crippen LogP contribution in [0.15, 0.2) is 17.7 Å². The molecule has 5 unspecified atom stereocenters. The number of hydrogen-bond donors (Lipinski definition) is 2. The highest BCUT2D eigenvalue weighted by Crippen LogP contribution is 2.52. The highest BCUT2D eigenvalue weighted by atomic mass is 31.2. The van der Waals surface area contributed by atoms with Crippen molar-refractivity contribution < 1.29 is 23.7 Å². The van der Waals surface area contributed by atoms with E-state index in [9.17, 15) is 5.11 Å². The Morgan fingerprint density at radius 3 is 2.64 bits per heavy atom. The minimum atomic E-state index is -1.62. The number of aromatic nitrogens is 4. The molecule has 13 heteroatoms. The molecule has 184 valence electrons. The number of nitrogens with two attached hydrogens (primary N) is 1. The average Bonchev–Trinajstić information content (AvgIpc) is 3.35. The van der Waals surface area contributed by atoms with Crippen LogP contribution in [0.3, 0.4) is 0 Å². The molecule has 0 amide bonds. The third-order valence-corrected chi connectivity index (χ3v) is 7.22. The number of nitrogen functional groups attached to an aromatic ring is 1. The van der Waals surface area contributed by atoms with Crippen molar-refractivity contribution in [2.45, 2.75) is 77.5 Å². The lowest BCUT2D eigenvalue weighted by atomic mass is 10.0. The maximum absolute atomic E-state index is 9.96. The third kappa shape index (κ3) is 5.42. The number of fused-ring (bicyclic) bond motifs is 1. The fourth-order valence-electron chi connectivity index (χ4n) is 3.92. The fraction of sp³-hybridized carbons (Fsp3) is 0.700. The lowest BCUT2D eigenvalue weighted by molar-refractivity contribution is -0.0358. The molecule has 0 aromatic carbocycles. The summed E-state index contributed by atoms with van der Waals surface area (Å²) in [6.45, 7) is 10.0. The average molecular weight is 484 g/mol. The Labute approximate surface area is 195 Å². The van der Waals surface area contributed by atoms with Crippen molar-refractivity contribution in [2.24, 2.45) is 5.16 Å². The molecule has 5 atom stereocenters. The van der Waals surface area contributed by atoms with Gasteiger partial charge in [0.25, 0.3) is 0 Å². The summed E-state index contributed by atoms with van der Waals surface area (Å²) in [5, 5.41) is 18.4. The molecule has 1 fully saturated rings. The number of aliphatic hydroxyl groups excluding tert-OH is 1. The number of oxime groups is 1. The van der Waals surface area contributed by atoms with Gasteiger partial charge in [0.2, 0.25) is 5.95 Å². The molecule has 0 radical (unpaired) electrons. The van der Waals surface area contributed by atoms with Crippen LogP contribution in [0.5, 0.6) is 0 Å². The molecule has 0 spiro atoms. The molecule has 3 rings (SSSR count). The molecule has 1 saturated heterocycles. The van der Waals surface area contributed by atoms with Gasteiger partial charge in [-0.25, -0.2) is 14.6 Å². The maximum atomic E-state index is 9.96. The zero-order valence-corrected chi connectivity index (χ0v) is 20.8. The van der Waals surface area contributed by atoms with Gasteiger partial charge in [-0.1, -0.05) is 12.1 Å². The van der Waals surface area contributed by atoms with Crippen molar-refractivity contribution >= 4 is 26.3 Å². The number of ether oxygens (including phenoxy) is 2. The molecule has 3 heterocycles. The Bertz CT molecular complexity index is 919. The van der Waals surface area contributed by atoms with E-state index in [0.717, 1.165) is 6.42 Å². The van der Waals surface area contributed by atoms with Crippen molar-refractivity contribution in [2.75, 3.05) is 19.5 Å². The Morgan fingerprint density at radius 1 is 1.30 bits per heavy atom. The lowest BCUT2D eigenvalue weighted by Gasteiger charge is -2.36. The number of anilines is 1. The molecule has 3 N–H and O–H groups in total. The first-order valence-electron chi connectivity index (χ1n) is 11.0. The Morgan fingerprint density at radius 2 is 2.03 bits per heavy atom. The standard InChI is InChI=1S/C20H34N7O5P/c1-7-8-25-32-33(27(12(2)3)13(4)5)31-18-16(30-15(10-28)17(18)29-6)14-9-24-26-19(14)22-11-23-20(26)21/h8-9,11-13,15-18,28H,7,10H2,1-6H3,(H2,21,22,23)/b25-8+. The zero-order chi connectivity index (χ0) is 24.1. The Hall–Kier alpha value is -1.95. The van der Waals surface area contributed by atoms with E-state index in [1.807, 2.05) is 6.92 Å². The van der Waals surface area contributed by atoms with Crippen LogP contribution in [-0.2, 0) is 18.6 Å². The predicted molar refractivity (Wildman–Crippen MR) is 124 cm³/mol. The van der Waals surface area contributed by atoms with Crippen LogP contribution in [0.4, 0.5) is 5.95 Å². The second-order valence-electron chi connectivity index (χ2n) is 8.20. The minimum Gasteiger partial charge on any atom is -0.394 e. The van der Waals surface area contributed by atoms with Crippen molar-refractivity contribution in [3.63, 3.8) is 0 Å². The highest BCUT2D eigenvalue weighted by Gasteiger charge is 2.50. The van der Waals surface area contributed by atoms with E-state index in [1.165, 1.54) is 10.8 Å². The molecule has 0 bridgehead atoms. The second-order valence-corrected chi connectivity index (χ2v) is 9.51. The summed E-state index contributed by atoms with van der Waals surface area (Å²) >= 11 is 0. The summed E-state index contributed by atoms with van der Waals surface area (Å²) < 4.78 is 27.9. The summed E-state index contributed by atoms with van der Waals surface area (Å²) in [6, 6.07) is 0.265. The number of methoxy groups -OCH3 is 1. The molecule has 33 heavy (non-hydrogen) atoms. The van der Waals surface area contributed by atoms with Gasteiger partial charge in [-0.2, -0.15) is 9.61 Å². The van der Waals surface area contributed by atoms with E-state index >= 15 is 0 Å². The summed E-state index contributed by atoms with van der Waals surface area (Å²) in [5.74, 6) is 0.203. The first-order valence-corrected chi connectivity index (χ1v) is 12.1. The molecule has 1 aliphatic heterocycles. The zero-order valence-electron chi connectivity index (χ0n) is 19.9. The van der Waals surface area contributed by atoms with E-state index in [2.05, 4.69) is 52.6 Å². The quantitative estimate of drug-likeness (QED) is 0.278. The molecular weight excluding hydrogens is 449 g/mol. The van der Waals surface area contributed by atoms with Crippen molar-refractivity contribution in [1.29, 1.82) is 0 Å². The molecule has 12 nitrogen and oxygen atoms in total. The van der Waals surface area contributed by atoms with Crippen molar-refractivity contribution in [3.05, 3.63) is 18.1 Å². The van der Waals surface area contributed by atoms with Crippen LogP contribution in [0, 0.1) is 0 Å². The number of aliphatic hydroxyl groups is 1. The van der Waals surface area contributed by atoms with Crippen LogP contribution in [-0.4, -0.2) is 79.7 Å². The molecule has 0 saturated carbocycles. The van der Waals surface area contributed by atoms with E-state index in [1.54, 1.807) is 19.5 Å². The summed E-state index contributed by atoms with van der Waals surface area (Å²) in [5.41, 5.74) is 7.08. The third-order valence-electron chi connectivity index (χ3n) is 5.26. The molecule has 2 aromatic heterocycles. The first kappa shape index (κ1) is 25.7. The smallest absolute Gasteiger partial charge is 0.347 e. The summed E-state index contributed by atoms with van der Waals surface area (Å²) in [7, 11) is -0.0626. The number of nitrogens with zero attached hydrogens (tertiary/aromatic N) is 6. The molecule has 2 aromatic rings. The van der Waals surface area contributed by atoms with Gasteiger partial charge < -0.3 is 29.5 Å². The molecule has 1 aliphatic rings. The fourth-order valence-corrected chi connectivity index (χ4v) is 5.49. The van der Waals surface area contributed by atoms with Gasteiger partial charge in [0, 0.05) is 31.0 Å². The minimum absolute atomic E-state index is 0.132. The van der Waals surface area contributed by atoms with Crippen LogP contribution in [0.2, 0.25) is 0 Å². The van der Waals surface area contributed by atoms with Crippen molar-refractivity contribution in [1.82, 2.24) is 24.3 Å². The van der Waals surface area contributed by atoms with Gasteiger partial charge in [-0.3, -0.25) is 0 Å². The number of hydrogen-bond acceptors (Lipinski definition) is 11. The van der Waals surface area contributed by atoms with E-state index in [0.29, 0.717) is 11.2 Å². The first-order chi connectivity index (χ1) is 15.8. The molecular formula is C20H34N7O5P. The van der Waals surface area contributed by atoms with E-state index in [4.69, 9.17) is 24.4 Å². The predicted octanol–water partition coefficient (Wildman–Crippen LogP) is 2.30. The lowest BCUT2D eigenvalue weighted by Crippen LogP contribution is -2.39. The van der Waals surface area contributed by atoms with Gasteiger partial charge in [-0.15, -0.1) is 0 Å². The molecule has 0 aliphatic carbocycles. The van der Waals surface area contributed by atoms with E-state index < -0.39 is 32.9 Å². The van der Waals surface area contributed by atoms with Crippen molar-refractivity contribution in [3.8, 4) is 0 Å². The van der Waals surface area contributed by atoms with Gasteiger partial charge in [0.1, 0.15) is 30.7 Å². The second kappa shape index (κ2) is 11.5. The SMILES string of the molecule is CC/C=N/OP(OC1C(c2cnn3c(N)ncnc23)OC(CO)C1OC)N(C(C)C)C(C)C. The highest BCUT2D eigenvalue weighted by molar-refractivity contribution is 7.44. The Kier molecular flexibility index (Phi) is 8.91.